The Morgan fingerprint density at radius 2 is 2.11 bits per heavy atom. The lowest BCUT2D eigenvalue weighted by atomic mass is 10.1. The van der Waals surface area contributed by atoms with Gasteiger partial charge in [-0.3, -0.25) is 4.98 Å². The second-order valence-electron chi connectivity index (χ2n) is 4.42. The SMILES string of the molecule is Cc1cccc2cc(C(O)c3ncccc3F)oc12. The lowest BCUT2D eigenvalue weighted by Gasteiger charge is -2.07. The molecule has 0 aliphatic carbocycles. The van der Waals surface area contributed by atoms with Crippen LogP contribution in [0, 0.1) is 12.7 Å². The molecule has 0 aliphatic rings. The van der Waals surface area contributed by atoms with Crippen molar-refractivity contribution in [2.24, 2.45) is 0 Å². The average Bonchev–Trinajstić information content (AvgIpc) is 2.84. The summed E-state index contributed by atoms with van der Waals surface area (Å²) >= 11 is 0. The van der Waals surface area contributed by atoms with E-state index >= 15 is 0 Å². The molecule has 0 saturated carbocycles. The molecule has 2 heterocycles. The van der Waals surface area contributed by atoms with Crippen molar-refractivity contribution >= 4 is 11.0 Å². The summed E-state index contributed by atoms with van der Waals surface area (Å²) in [5.74, 6) is -0.255. The summed E-state index contributed by atoms with van der Waals surface area (Å²) in [5.41, 5.74) is 1.64. The quantitative estimate of drug-likeness (QED) is 0.765. The first-order valence-electron chi connectivity index (χ1n) is 5.94. The predicted octanol–water partition coefficient (Wildman–Crippen LogP) is 3.36. The fraction of sp³-hybridized carbons (Fsp3) is 0.133. The molecule has 96 valence electrons. The van der Waals surface area contributed by atoms with Gasteiger partial charge < -0.3 is 9.52 Å². The molecule has 1 atom stereocenters. The van der Waals surface area contributed by atoms with Gasteiger partial charge in [-0.05, 0) is 30.7 Å². The number of hydrogen-bond donors (Lipinski definition) is 1. The molecular weight excluding hydrogens is 245 g/mol. The van der Waals surface area contributed by atoms with E-state index in [1.807, 2.05) is 25.1 Å². The van der Waals surface area contributed by atoms with Crippen LogP contribution in [0.25, 0.3) is 11.0 Å². The van der Waals surface area contributed by atoms with Gasteiger partial charge in [0.15, 0.2) is 6.10 Å². The third-order valence-electron chi connectivity index (χ3n) is 3.08. The molecule has 3 nitrogen and oxygen atoms in total. The smallest absolute Gasteiger partial charge is 0.156 e. The van der Waals surface area contributed by atoms with E-state index in [9.17, 15) is 9.50 Å². The minimum Gasteiger partial charge on any atom is -0.458 e. The predicted molar refractivity (Wildman–Crippen MR) is 69.2 cm³/mol. The van der Waals surface area contributed by atoms with Gasteiger partial charge in [0.2, 0.25) is 0 Å². The fourth-order valence-electron chi connectivity index (χ4n) is 2.10. The Morgan fingerprint density at radius 3 is 2.84 bits per heavy atom. The summed E-state index contributed by atoms with van der Waals surface area (Å²) < 4.78 is 19.2. The summed E-state index contributed by atoms with van der Waals surface area (Å²) in [6.07, 6.45) is 0.239. The van der Waals surface area contributed by atoms with Crippen molar-refractivity contribution in [2.75, 3.05) is 0 Å². The number of rotatable bonds is 2. The fourth-order valence-corrected chi connectivity index (χ4v) is 2.10. The number of hydrogen-bond acceptors (Lipinski definition) is 3. The number of furan rings is 1. The zero-order valence-corrected chi connectivity index (χ0v) is 10.3. The summed E-state index contributed by atoms with van der Waals surface area (Å²) in [5, 5.41) is 11.0. The van der Waals surface area contributed by atoms with Gasteiger partial charge in [-0.15, -0.1) is 0 Å². The Hall–Kier alpha value is -2.20. The van der Waals surface area contributed by atoms with Crippen LogP contribution in [0.3, 0.4) is 0 Å². The highest BCUT2D eigenvalue weighted by Gasteiger charge is 2.20. The highest BCUT2D eigenvalue weighted by Crippen LogP contribution is 2.29. The molecule has 3 rings (SSSR count). The number of halogens is 1. The molecule has 1 unspecified atom stereocenters. The first-order chi connectivity index (χ1) is 9.16. The van der Waals surface area contributed by atoms with E-state index in [1.54, 1.807) is 6.07 Å². The third-order valence-corrected chi connectivity index (χ3v) is 3.08. The van der Waals surface area contributed by atoms with E-state index in [-0.39, 0.29) is 5.69 Å². The van der Waals surface area contributed by atoms with E-state index in [2.05, 4.69) is 4.98 Å². The van der Waals surface area contributed by atoms with Crippen molar-refractivity contribution in [3.63, 3.8) is 0 Å². The summed E-state index contributed by atoms with van der Waals surface area (Å²) in [4.78, 5) is 3.86. The van der Waals surface area contributed by atoms with Crippen molar-refractivity contribution in [3.8, 4) is 0 Å². The number of aliphatic hydroxyl groups is 1. The number of para-hydroxylation sites is 1. The molecule has 3 aromatic rings. The van der Waals surface area contributed by atoms with Gasteiger partial charge in [-0.1, -0.05) is 18.2 Å². The number of pyridine rings is 1. The largest absolute Gasteiger partial charge is 0.458 e. The molecule has 4 heteroatoms. The van der Waals surface area contributed by atoms with Crippen LogP contribution in [-0.2, 0) is 0 Å². The highest BCUT2D eigenvalue weighted by molar-refractivity contribution is 5.81. The first kappa shape index (κ1) is 11.9. The van der Waals surface area contributed by atoms with Crippen molar-refractivity contribution in [2.45, 2.75) is 13.0 Å². The van der Waals surface area contributed by atoms with E-state index in [0.29, 0.717) is 11.3 Å². The molecular formula is C15H12FNO2. The Balaban J connectivity index is 2.10. The van der Waals surface area contributed by atoms with Gasteiger partial charge >= 0.3 is 0 Å². The zero-order chi connectivity index (χ0) is 13.4. The van der Waals surface area contributed by atoms with E-state index < -0.39 is 11.9 Å². The Bertz CT molecular complexity index is 736. The van der Waals surface area contributed by atoms with Crippen LogP contribution in [0.1, 0.15) is 23.1 Å². The van der Waals surface area contributed by atoms with Gasteiger partial charge in [0.1, 0.15) is 22.9 Å². The second kappa shape index (κ2) is 4.48. The number of benzene rings is 1. The average molecular weight is 257 g/mol. The van der Waals surface area contributed by atoms with Crippen LogP contribution < -0.4 is 0 Å². The Labute approximate surface area is 109 Å². The minimum atomic E-state index is -1.20. The molecule has 0 saturated heterocycles. The number of nitrogens with zero attached hydrogens (tertiary/aromatic N) is 1. The number of aryl methyl sites for hydroxylation is 1. The van der Waals surface area contributed by atoms with Gasteiger partial charge in [0.05, 0.1) is 0 Å². The Kier molecular flexibility index (Phi) is 2.80. The van der Waals surface area contributed by atoms with Crippen molar-refractivity contribution in [3.05, 3.63) is 65.4 Å². The number of aliphatic hydroxyl groups excluding tert-OH is 1. The maximum absolute atomic E-state index is 13.6. The van der Waals surface area contributed by atoms with Crippen molar-refractivity contribution in [1.82, 2.24) is 4.98 Å². The van der Waals surface area contributed by atoms with Crippen molar-refractivity contribution in [1.29, 1.82) is 0 Å². The monoisotopic (exact) mass is 257 g/mol. The number of fused-ring (bicyclic) bond motifs is 1. The molecule has 1 aromatic carbocycles. The number of aromatic nitrogens is 1. The second-order valence-corrected chi connectivity index (χ2v) is 4.42. The summed E-state index contributed by atoms with van der Waals surface area (Å²) in [7, 11) is 0. The van der Waals surface area contributed by atoms with Gasteiger partial charge in [0.25, 0.3) is 0 Å². The van der Waals surface area contributed by atoms with E-state index in [0.717, 1.165) is 10.9 Å². The summed E-state index contributed by atoms with van der Waals surface area (Å²) in [6.45, 7) is 1.92. The molecule has 19 heavy (non-hydrogen) atoms. The molecule has 0 aliphatic heterocycles. The van der Waals surface area contributed by atoms with Crippen LogP contribution in [0.4, 0.5) is 4.39 Å². The van der Waals surface area contributed by atoms with E-state index in [4.69, 9.17) is 4.42 Å². The van der Waals surface area contributed by atoms with Crippen molar-refractivity contribution < 1.29 is 13.9 Å². The minimum absolute atomic E-state index is 0.0285. The van der Waals surface area contributed by atoms with Crippen LogP contribution in [-0.4, -0.2) is 10.1 Å². The lowest BCUT2D eigenvalue weighted by molar-refractivity contribution is 0.182. The Morgan fingerprint density at radius 1 is 1.26 bits per heavy atom. The van der Waals surface area contributed by atoms with Crippen LogP contribution in [0.2, 0.25) is 0 Å². The molecule has 0 radical (unpaired) electrons. The topological polar surface area (TPSA) is 46.3 Å². The van der Waals surface area contributed by atoms with Crippen LogP contribution >= 0.6 is 0 Å². The van der Waals surface area contributed by atoms with E-state index in [1.165, 1.54) is 18.3 Å². The van der Waals surface area contributed by atoms with Gasteiger partial charge in [0, 0.05) is 11.6 Å². The molecule has 0 spiro atoms. The van der Waals surface area contributed by atoms with Gasteiger partial charge in [-0.25, -0.2) is 4.39 Å². The maximum Gasteiger partial charge on any atom is 0.156 e. The highest BCUT2D eigenvalue weighted by atomic mass is 19.1. The maximum atomic E-state index is 13.6. The molecule has 0 bridgehead atoms. The lowest BCUT2D eigenvalue weighted by Crippen LogP contribution is -2.03. The normalized spacial score (nSPS) is 12.8. The van der Waals surface area contributed by atoms with Crippen LogP contribution in [0.15, 0.2) is 47.0 Å². The first-order valence-corrected chi connectivity index (χ1v) is 5.94. The molecule has 0 amide bonds. The van der Waals surface area contributed by atoms with Crippen LogP contribution in [0.5, 0.6) is 0 Å². The zero-order valence-electron chi connectivity index (χ0n) is 10.3. The third kappa shape index (κ3) is 2.00. The molecule has 1 N–H and O–H groups in total. The molecule has 2 aromatic heterocycles. The molecule has 0 fully saturated rings. The standard InChI is InChI=1S/C15H12FNO2/c1-9-4-2-5-10-8-12(19-15(9)10)14(18)13-11(16)6-3-7-17-13/h2-8,14,18H,1H3. The summed E-state index contributed by atoms with van der Waals surface area (Å²) in [6, 6.07) is 10.2. The van der Waals surface area contributed by atoms with Gasteiger partial charge in [-0.2, -0.15) is 0 Å².